The Morgan fingerprint density at radius 1 is 1.12 bits per heavy atom. The van der Waals surface area contributed by atoms with Crippen molar-refractivity contribution in [2.24, 2.45) is 0 Å². The molecule has 2 N–H and O–H groups in total. The van der Waals surface area contributed by atoms with E-state index in [0.717, 1.165) is 12.2 Å². The number of rotatable bonds is 8. The van der Waals surface area contributed by atoms with E-state index in [4.69, 9.17) is 4.74 Å². The quantitative estimate of drug-likeness (QED) is 0.771. The van der Waals surface area contributed by atoms with Crippen molar-refractivity contribution in [2.75, 3.05) is 6.54 Å². The number of aliphatic hydroxyl groups is 1. The standard InChI is InChI=1S/C21H27NO3/c1-16(2)25-19-11-9-18(10-12-19)20(23)22-15-21(3,24)14-13-17-7-5-4-6-8-17/h4-12,16,24H,13-15H2,1-3H3,(H,22,23). The summed E-state index contributed by atoms with van der Waals surface area (Å²) in [6.45, 7) is 5.87. The van der Waals surface area contributed by atoms with Crippen molar-refractivity contribution in [1.29, 1.82) is 0 Å². The van der Waals surface area contributed by atoms with Gasteiger partial charge in [0.15, 0.2) is 0 Å². The molecular weight excluding hydrogens is 314 g/mol. The summed E-state index contributed by atoms with van der Waals surface area (Å²) in [6.07, 6.45) is 1.45. The van der Waals surface area contributed by atoms with Crippen molar-refractivity contribution in [3.8, 4) is 5.75 Å². The maximum Gasteiger partial charge on any atom is 0.251 e. The molecular formula is C21H27NO3. The Morgan fingerprint density at radius 2 is 1.76 bits per heavy atom. The van der Waals surface area contributed by atoms with Crippen LogP contribution in [0.2, 0.25) is 0 Å². The molecule has 4 heteroatoms. The van der Waals surface area contributed by atoms with Crippen LogP contribution in [0.25, 0.3) is 0 Å². The van der Waals surface area contributed by atoms with Crippen molar-refractivity contribution >= 4 is 5.91 Å². The van der Waals surface area contributed by atoms with Gasteiger partial charge in [-0.3, -0.25) is 4.79 Å². The highest BCUT2D eigenvalue weighted by Gasteiger charge is 2.21. The molecule has 1 amide bonds. The van der Waals surface area contributed by atoms with Gasteiger partial charge in [0.1, 0.15) is 5.75 Å². The maximum absolute atomic E-state index is 12.2. The van der Waals surface area contributed by atoms with Gasteiger partial charge in [-0.2, -0.15) is 0 Å². The van der Waals surface area contributed by atoms with E-state index in [9.17, 15) is 9.90 Å². The SMILES string of the molecule is CC(C)Oc1ccc(C(=O)NCC(C)(O)CCc2ccccc2)cc1. The fourth-order valence-corrected chi connectivity index (χ4v) is 2.48. The second-order valence-corrected chi connectivity index (χ2v) is 6.86. The molecule has 0 saturated heterocycles. The summed E-state index contributed by atoms with van der Waals surface area (Å²) < 4.78 is 5.57. The van der Waals surface area contributed by atoms with Gasteiger partial charge in [-0.15, -0.1) is 0 Å². The molecule has 0 heterocycles. The van der Waals surface area contributed by atoms with Gasteiger partial charge in [0, 0.05) is 12.1 Å². The van der Waals surface area contributed by atoms with E-state index in [-0.39, 0.29) is 18.6 Å². The lowest BCUT2D eigenvalue weighted by Gasteiger charge is -2.23. The lowest BCUT2D eigenvalue weighted by molar-refractivity contribution is 0.0478. The third-order valence-corrected chi connectivity index (χ3v) is 3.91. The molecule has 1 atom stereocenters. The van der Waals surface area contributed by atoms with Gasteiger partial charge in [-0.1, -0.05) is 30.3 Å². The maximum atomic E-state index is 12.2. The molecule has 2 aromatic rings. The molecule has 1 unspecified atom stereocenters. The van der Waals surface area contributed by atoms with Crippen LogP contribution in [0.3, 0.4) is 0 Å². The van der Waals surface area contributed by atoms with Crippen molar-refractivity contribution in [1.82, 2.24) is 5.32 Å². The van der Waals surface area contributed by atoms with Crippen LogP contribution in [0.1, 0.15) is 43.1 Å². The first-order valence-corrected chi connectivity index (χ1v) is 8.67. The Bertz CT molecular complexity index is 663. The summed E-state index contributed by atoms with van der Waals surface area (Å²) in [6, 6.07) is 17.0. The number of carbonyl (C=O) groups excluding carboxylic acids is 1. The van der Waals surface area contributed by atoms with Crippen LogP contribution in [0.5, 0.6) is 5.75 Å². The zero-order valence-corrected chi connectivity index (χ0v) is 15.2. The molecule has 0 aliphatic rings. The molecule has 0 aliphatic heterocycles. The molecule has 4 nitrogen and oxygen atoms in total. The second-order valence-electron chi connectivity index (χ2n) is 6.86. The van der Waals surface area contributed by atoms with E-state index in [1.54, 1.807) is 31.2 Å². The minimum atomic E-state index is -0.952. The van der Waals surface area contributed by atoms with E-state index in [2.05, 4.69) is 5.32 Å². The number of benzene rings is 2. The first-order valence-electron chi connectivity index (χ1n) is 8.67. The zero-order chi connectivity index (χ0) is 18.3. The van der Waals surface area contributed by atoms with E-state index in [1.807, 2.05) is 44.2 Å². The van der Waals surface area contributed by atoms with Gasteiger partial charge in [-0.25, -0.2) is 0 Å². The van der Waals surface area contributed by atoms with Crippen LogP contribution < -0.4 is 10.1 Å². The summed E-state index contributed by atoms with van der Waals surface area (Å²) in [5, 5.41) is 13.3. The number of amides is 1. The van der Waals surface area contributed by atoms with E-state index in [0.29, 0.717) is 12.0 Å². The van der Waals surface area contributed by atoms with E-state index >= 15 is 0 Å². The lowest BCUT2D eigenvalue weighted by atomic mass is 9.96. The monoisotopic (exact) mass is 341 g/mol. The predicted octanol–water partition coefficient (Wildman–Crippen LogP) is 3.59. The lowest BCUT2D eigenvalue weighted by Crippen LogP contribution is -2.41. The molecule has 0 saturated carbocycles. The van der Waals surface area contributed by atoms with Gasteiger partial charge in [0.05, 0.1) is 11.7 Å². The highest BCUT2D eigenvalue weighted by molar-refractivity contribution is 5.94. The van der Waals surface area contributed by atoms with Gasteiger partial charge in [0.2, 0.25) is 0 Å². The van der Waals surface area contributed by atoms with Crippen LogP contribution in [0, 0.1) is 0 Å². The number of hydrogen-bond acceptors (Lipinski definition) is 3. The van der Waals surface area contributed by atoms with Gasteiger partial charge in [-0.05, 0) is 63.4 Å². The summed E-state index contributed by atoms with van der Waals surface area (Å²) in [4.78, 5) is 12.2. The topological polar surface area (TPSA) is 58.6 Å². The van der Waals surface area contributed by atoms with Crippen molar-refractivity contribution in [2.45, 2.75) is 45.3 Å². The second kappa shape index (κ2) is 8.67. The molecule has 0 fully saturated rings. The van der Waals surface area contributed by atoms with Crippen molar-refractivity contribution in [3.05, 3.63) is 65.7 Å². The summed E-state index contributed by atoms with van der Waals surface area (Å²) in [5.41, 5.74) is 0.774. The third kappa shape index (κ3) is 6.59. The molecule has 0 aliphatic carbocycles. The summed E-state index contributed by atoms with van der Waals surface area (Å²) >= 11 is 0. The Kier molecular flexibility index (Phi) is 6.59. The first-order chi connectivity index (χ1) is 11.9. The number of hydrogen-bond donors (Lipinski definition) is 2. The van der Waals surface area contributed by atoms with Crippen LogP contribution in [0.15, 0.2) is 54.6 Å². The molecule has 2 aromatic carbocycles. The third-order valence-electron chi connectivity index (χ3n) is 3.91. The van der Waals surface area contributed by atoms with Crippen molar-refractivity contribution in [3.63, 3.8) is 0 Å². The largest absolute Gasteiger partial charge is 0.491 e. The fourth-order valence-electron chi connectivity index (χ4n) is 2.48. The molecule has 0 aromatic heterocycles. The molecule has 2 rings (SSSR count). The number of aryl methyl sites for hydroxylation is 1. The number of nitrogens with one attached hydrogen (secondary N) is 1. The number of carbonyl (C=O) groups is 1. The minimum absolute atomic E-state index is 0.0967. The minimum Gasteiger partial charge on any atom is -0.491 e. The predicted molar refractivity (Wildman–Crippen MR) is 99.9 cm³/mol. The van der Waals surface area contributed by atoms with E-state index < -0.39 is 5.60 Å². The van der Waals surface area contributed by atoms with E-state index in [1.165, 1.54) is 5.56 Å². The fraction of sp³-hybridized carbons (Fsp3) is 0.381. The van der Waals surface area contributed by atoms with Crippen LogP contribution in [-0.4, -0.2) is 29.3 Å². The Hall–Kier alpha value is -2.33. The normalized spacial score (nSPS) is 13.3. The van der Waals surface area contributed by atoms with Gasteiger partial charge >= 0.3 is 0 Å². The smallest absolute Gasteiger partial charge is 0.251 e. The van der Waals surface area contributed by atoms with Crippen LogP contribution >= 0.6 is 0 Å². The van der Waals surface area contributed by atoms with Crippen LogP contribution in [0.4, 0.5) is 0 Å². The Morgan fingerprint density at radius 3 is 2.36 bits per heavy atom. The van der Waals surface area contributed by atoms with Crippen LogP contribution in [-0.2, 0) is 6.42 Å². The molecule has 0 radical (unpaired) electrons. The average Bonchev–Trinajstić information content (AvgIpc) is 2.59. The Labute approximate surface area is 149 Å². The first kappa shape index (κ1) is 19.0. The zero-order valence-electron chi connectivity index (χ0n) is 15.2. The summed E-state index contributed by atoms with van der Waals surface area (Å²) in [5.74, 6) is 0.539. The van der Waals surface area contributed by atoms with Gasteiger partial charge in [0.25, 0.3) is 5.91 Å². The molecule has 0 spiro atoms. The number of ether oxygens (including phenoxy) is 1. The Balaban J connectivity index is 1.83. The average molecular weight is 341 g/mol. The molecule has 134 valence electrons. The van der Waals surface area contributed by atoms with Gasteiger partial charge < -0.3 is 15.2 Å². The summed E-state index contributed by atoms with van der Waals surface area (Å²) in [7, 11) is 0. The highest BCUT2D eigenvalue weighted by Crippen LogP contribution is 2.15. The van der Waals surface area contributed by atoms with Crippen molar-refractivity contribution < 1.29 is 14.6 Å². The molecule has 25 heavy (non-hydrogen) atoms. The highest BCUT2D eigenvalue weighted by atomic mass is 16.5. The molecule has 0 bridgehead atoms.